The smallest absolute Gasteiger partial charge is 0.490 e. The summed E-state index contributed by atoms with van der Waals surface area (Å²) in [5.74, 6) is 0.445. The van der Waals surface area contributed by atoms with Crippen LogP contribution in [0.2, 0.25) is 0 Å². The van der Waals surface area contributed by atoms with Gasteiger partial charge in [0.25, 0.3) is 0 Å². The Morgan fingerprint density at radius 1 is 0.952 bits per heavy atom. The van der Waals surface area contributed by atoms with Gasteiger partial charge in [0.2, 0.25) is 0 Å². The number of hydrogen-bond donors (Lipinski definition) is 2. The molecule has 0 bridgehead atoms. The molecule has 2 N–H and O–H groups in total. The highest BCUT2D eigenvalue weighted by Crippen LogP contribution is 2.41. The van der Waals surface area contributed by atoms with Crippen LogP contribution in [-0.4, -0.2) is 16.4 Å². The molecule has 0 saturated carbocycles. The van der Waals surface area contributed by atoms with Gasteiger partial charge in [-0.25, -0.2) is 4.57 Å². The van der Waals surface area contributed by atoms with Gasteiger partial charge in [0.15, 0.2) is 11.5 Å². The minimum atomic E-state index is -4.56. The lowest BCUT2D eigenvalue weighted by Crippen LogP contribution is -2.00. The van der Waals surface area contributed by atoms with Crippen LogP contribution in [0.3, 0.4) is 0 Å². The van der Waals surface area contributed by atoms with Crippen molar-refractivity contribution in [2.75, 3.05) is 6.61 Å². The highest BCUT2D eigenvalue weighted by molar-refractivity contribution is 7.46. The van der Waals surface area contributed by atoms with E-state index in [1.165, 1.54) is 38.2 Å². The molecule has 0 fully saturated rings. The number of hydrogen-bond acceptors (Lipinski definition) is 3. The second-order valence-corrected chi connectivity index (χ2v) is 6.16. The number of unbranched alkanes of at least 4 members (excludes halogenated alkanes) is 6. The molecule has 0 aliphatic rings. The Kier molecular flexibility index (Phi) is 8.43. The van der Waals surface area contributed by atoms with E-state index in [0.29, 0.717) is 12.4 Å². The van der Waals surface area contributed by atoms with Crippen LogP contribution >= 0.6 is 7.82 Å². The molecule has 6 heteroatoms. The quantitative estimate of drug-likeness (QED) is 0.470. The van der Waals surface area contributed by atoms with Gasteiger partial charge in [-0.3, -0.25) is 9.79 Å². The monoisotopic (exact) mass is 316 g/mol. The second kappa shape index (κ2) is 9.82. The molecular weight excluding hydrogens is 291 g/mol. The molecule has 0 heterocycles. The Morgan fingerprint density at radius 3 is 2.14 bits per heavy atom. The van der Waals surface area contributed by atoms with E-state index in [-0.39, 0.29) is 5.75 Å². The van der Waals surface area contributed by atoms with Crippen molar-refractivity contribution in [3.05, 3.63) is 24.3 Å². The van der Waals surface area contributed by atoms with Gasteiger partial charge in [-0.2, -0.15) is 0 Å². The summed E-state index contributed by atoms with van der Waals surface area (Å²) >= 11 is 0. The summed E-state index contributed by atoms with van der Waals surface area (Å²) in [6.45, 7) is 2.72. The molecule has 1 aromatic rings. The third-order valence-electron chi connectivity index (χ3n) is 3.07. The van der Waals surface area contributed by atoms with Crippen molar-refractivity contribution in [2.24, 2.45) is 0 Å². The largest absolute Gasteiger partial charge is 0.524 e. The molecule has 0 aliphatic carbocycles. The lowest BCUT2D eigenvalue weighted by Gasteiger charge is -2.12. The van der Waals surface area contributed by atoms with Gasteiger partial charge in [0.05, 0.1) is 6.61 Å². The predicted octanol–water partition coefficient (Wildman–Crippen LogP) is 4.29. The van der Waals surface area contributed by atoms with E-state index in [1.54, 1.807) is 18.2 Å². The summed E-state index contributed by atoms with van der Waals surface area (Å²) in [5.41, 5.74) is 0. The first kappa shape index (κ1) is 18.0. The van der Waals surface area contributed by atoms with Gasteiger partial charge in [0, 0.05) is 0 Å². The highest BCUT2D eigenvalue weighted by Gasteiger charge is 2.18. The fraction of sp³-hybridized carbons (Fsp3) is 0.600. The van der Waals surface area contributed by atoms with Crippen LogP contribution in [-0.2, 0) is 4.57 Å². The van der Waals surface area contributed by atoms with E-state index in [0.717, 1.165) is 12.8 Å². The molecule has 0 aromatic heterocycles. The summed E-state index contributed by atoms with van der Waals surface area (Å²) in [5, 5.41) is 0. The maximum atomic E-state index is 10.9. The maximum absolute atomic E-state index is 10.9. The van der Waals surface area contributed by atoms with E-state index in [1.807, 2.05) is 0 Å². The second-order valence-electron chi connectivity index (χ2n) is 5.00. The van der Waals surface area contributed by atoms with Crippen molar-refractivity contribution < 1.29 is 23.6 Å². The molecule has 21 heavy (non-hydrogen) atoms. The third-order valence-corrected chi connectivity index (χ3v) is 3.51. The topological polar surface area (TPSA) is 76.0 Å². The zero-order valence-corrected chi connectivity index (χ0v) is 13.4. The molecule has 5 nitrogen and oxygen atoms in total. The lowest BCUT2D eigenvalue weighted by molar-refractivity contribution is 0.263. The average molecular weight is 316 g/mol. The van der Waals surface area contributed by atoms with Crippen LogP contribution in [0.1, 0.15) is 51.9 Å². The standard InChI is InChI=1S/C15H25O5P/c1-2-3-4-5-6-7-10-13-19-14-11-8-9-12-15(14)20-21(16,17)18/h8-9,11-12H,2-7,10,13H2,1H3,(H2,16,17,18). The number of para-hydroxylation sites is 2. The molecular formula is C15H25O5P. The minimum Gasteiger partial charge on any atom is -0.490 e. The Bertz CT molecular complexity index is 443. The average Bonchev–Trinajstić information content (AvgIpc) is 2.42. The van der Waals surface area contributed by atoms with Crippen LogP contribution in [0.4, 0.5) is 0 Å². The number of benzene rings is 1. The van der Waals surface area contributed by atoms with Crippen LogP contribution in [0.5, 0.6) is 11.5 Å². The third kappa shape index (κ3) is 8.76. The van der Waals surface area contributed by atoms with Crippen LogP contribution < -0.4 is 9.26 Å². The molecule has 1 rings (SSSR count). The zero-order chi connectivity index (χ0) is 15.6. The van der Waals surface area contributed by atoms with E-state index in [2.05, 4.69) is 11.4 Å². The van der Waals surface area contributed by atoms with E-state index in [4.69, 9.17) is 14.5 Å². The molecule has 0 amide bonds. The van der Waals surface area contributed by atoms with Crippen molar-refractivity contribution >= 4 is 7.82 Å². The molecule has 0 unspecified atom stereocenters. The molecule has 0 radical (unpaired) electrons. The molecule has 0 spiro atoms. The summed E-state index contributed by atoms with van der Waals surface area (Å²) in [4.78, 5) is 17.7. The fourth-order valence-electron chi connectivity index (χ4n) is 2.01. The Labute approximate surface area is 126 Å². The van der Waals surface area contributed by atoms with E-state index < -0.39 is 7.82 Å². The van der Waals surface area contributed by atoms with Crippen molar-refractivity contribution in [1.29, 1.82) is 0 Å². The van der Waals surface area contributed by atoms with Crippen molar-refractivity contribution in [3.63, 3.8) is 0 Å². The van der Waals surface area contributed by atoms with Gasteiger partial charge in [-0.05, 0) is 18.6 Å². The normalized spacial score (nSPS) is 11.4. The first-order chi connectivity index (χ1) is 10.0. The number of rotatable bonds is 11. The van der Waals surface area contributed by atoms with Gasteiger partial charge < -0.3 is 9.26 Å². The molecule has 0 saturated heterocycles. The van der Waals surface area contributed by atoms with Gasteiger partial charge in [0.1, 0.15) is 0 Å². The van der Waals surface area contributed by atoms with Crippen LogP contribution in [0.15, 0.2) is 24.3 Å². The highest BCUT2D eigenvalue weighted by atomic mass is 31.2. The summed E-state index contributed by atoms with van der Waals surface area (Å²) in [6.07, 6.45) is 8.32. The number of phosphoric acid groups is 1. The number of phosphoric ester groups is 1. The van der Waals surface area contributed by atoms with Crippen molar-refractivity contribution in [1.82, 2.24) is 0 Å². The molecule has 0 aliphatic heterocycles. The SMILES string of the molecule is CCCCCCCCCOc1ccccc1OP(=O)(O)O. The number of ether oxygens (including phenoxy) is 1. The Balaban J connectivity index is 2.27. The predicted molar refractivity (Wildman–Crippen MR) is 82.6 cm³/mol. The first-order valence-corrected chi connectivity index (χ1v) is 9.03. The maximum Gasteiger partial charge on any atom is 0.524 e. The molecule has 120 valence electrons. The fourth-order valence-corrected chi connectivity index (χ4v) is 2.42. The van der Waals surface area contributed by atoms with Crippen molar-refractivity contribution in [3.8, 4) is 11.5 Å². The summed E-state index contributed by atoms with van der Waals surface area (Å²) in [7, 11) is -4.56. The van der Waals surface area contributed by atoms with Gasteiger partial charge in [-0.15, -0.1) is 0 Å². The summed E-state index contributed by atoms with van der Waals surface area (Å²) in [6, 6.07) is 6.52. The van der Waals surface area contributed by atoms with Crippen LogP contribution in [0, 0.1) is 0 Å². The Hall–Kier alpha value is -1.03. The van der Waals surface area contributed by atoms with Gasteiger partial charge >= 0.3 is 7.82 Å². The lowest BCUT2D eigenvalue weighted by atomic mass is 10.1. The Morgan fingerprint density at radius 2 is 1.52 bits per heavy atom. The van der Waals surface area contributed by atoms with Gasteiger partial charge in [-0.1, -0.05) is 57.6 Å². The zero-order valence-electron chi connectivity index (χ0n) is 12.5. The molecule has 0 atom stereocenters. The molecule has 1 aromatic carbocycles. The van der Waals surface area contributed by atoms with Crippen molar-refractivity contribution in [2.45, 2.75) is 51.9 Å². The summed E-state index contributed by atoms with van der Waals surface area (Å²) < 4.78 is 21.0. The van der Waals surface area contributed by atoms with E-state index >= 15 is 0 Å². The minimum absolute atomic E-state index is 0.0776. The van der Waals surface area contributed by atoms with E-state index in [9.17, 15) is 4.57 Å². The van der Waals surface area contributed by atoms with Crippen LogP contribution in [0.25, 0.3) is 0 Å². The first-order valence-electron chi connectivity index (χ1n) is 7.50.